The zero-order valence-corrected chi connectivity index (χ0v) is 20.4. The molecule has 176 valence electrons. The Morgan fingerprint density at radius 3 is 1.41 bits per heavy atom. The van der Waals surface area contributed by atoms with Crippen LogP contribution >= 0.6 is 0 Å². The molecule has 0 fully saturated rings. The maximum atomic E-state index is 10.6. The fraction of sp³-hybridized carbons (Fsp3) is 0.0556. The van der Waals surface area contributed by atoms with Gasteiger partial charge in [0.25, 0.3) is 0 Å². The molecule has 0 spiro atoms. The number of aromatic hydroxyl groups is 1. The molecule has 7 aromatic carbocycles. The molecule has 0 aliphatic carbocycles. The summed E-state index contributed by atoms with van der Waals surface area (Å²) in [5.41, 5.74) is 4.75. The van der Waals surface area contributed by atoms with E-state index >= 15 is 0 Å². The summed E-state index contributed by atoms with van der Waals surface area (Å²) in [5.74, 6) is 0.333. The summed E-state index contributed by atoms with van der Waals surface area (Å²) in [6.45, 7) is 0. The molecule has 7 aromatic rings. The first-order valence-corrected chi connectivity index (χ1v) is 12.8. The summed E-state index contributed by atoms with van der Waals surface area (Å²) in [6.07, 6.45) is 0.811. The molecule has 0 atom stereocenters. The SMILES string of the molecule is Oc1ccc2ccc3c(CC(c4ccccc4)(c4ccccc4)c4ccccc4)ccc4ccc1c2c43. The van der Waals surface area contributed by atoms with Gasteiger partial charge >= 0.3 is 0 Å². The van der Waals surface area contributed by atoms with Gasteiger partial charge in [0.15, 0.2) is 0 Å². The Morgan fingerprint density at radius 2 is 0.865 bits per heavy atom. The summed E-state index contributed by atoms with van der Waals surface area (Å²) in [6, 6.07) is 49.7. The number of phenols is 1. The highest BCUT2D eigenvalue weighted by Gasteiger charge is 2.37. The van der Waals surface area contributed by atoms with E-state index in [-0.39, 0.29) is 5.41 Å². The van der Waals surface area contributed by atoms with Crippen molar-refractivity contribution >= 4 is 32.3 Å². The van der Waals surface area contributed by atoms with Crippen molar-refractivity contribution in [3.05, 3.63) is 162 Å². The largest absolute Gasteiger partial charge is 0.507 e. The lowest BCUT2D eigenvalue weighted by Crippen LogP contribution is -2.32. The number of rotatable bonds is 5. The smallest absolute Gasteiger partial charge is 0.123 e. The van der Waals surface area contributed by atoms with E-state index in [0.29, 0.717) is 5.75 Å². The van der Waals surface area contributed by atoms with Crippen molar-refractivity contribution in [3.63, 3.8) is 0 Å². The van der Waals surface area contributed by atoms with E-state index < -0.39 is 0 Å². The first-order chi connectivity index (χ1) is 18.3. The van der Waals surface area contributed by atoms with Crippen LogP contribution < -0.4 is 0 Å². The molecule has 1 heteroatoms. The molecular weight excluding hydrogens is 448 g/mol. The van der Waals surface area contributed by atoms with E-state index in [9.17, 15) is 5.11 Å². The summed E-state index contributed by atoms with van der Waals surface area (Å²) < 4.78 is 0. The van der Waals surface area contributed by atoms with Crippen LogP contribution in [0.3, 0.4) is 0 Å². The molecule has 0 saturated heterocycles. The second-order valence-electron chi connectivity index (χ2n) is 9.91. The highest BCUT2D eigenvalue weighted by molar-refractivity contribution is 6.24. The monoisotopic (exact) mass is 474 g/mol. The number of hydrogen-bond acceptors (Lipinski definition) is 1. The van der Waals surface area contributed by atoms with E-state index in [2.05, 4.69) is 121 Å². The first kappa shape index (κ1) is 21.6. The van der Waals surface area contributed by atoms with Crippen LogP contribution in [0.25, 0.3) is 32.3 Å². The van der Waals surface area contributed by atoms with Crippen molar-refractivity contribution in [3.8, 4) is 5.75 Å². The fourth-order valence-electron chi connectivity index (χ4n) is 6.26. The zero-order valence-electron chi connectivity index (χ0n) is 20.4. The summed E-state index contributed by atoms with van der Waals surface area (Å²) in [4.78, 5) is 0. The molecule has 0 aromatic heterocycles. The van der Waals surface area contributed by atoms with Crippen molar-refractivity contribution in [2.75, 3.05) is 0 Å². The third kappa shape index (κ3) is 3.32. The van der Waals surface area contributed by atoms with Crippen molar-refractivity contribution in [1.29, 1.82) is 0 Å². The second kappa shape index (κ2) is 8.50. The third-order valence-corrected chi connectivity index (χ3v) is 7.99. The van der Waals surface area contributed by atoms with E-state index in [0.717, 1.165) is 22.6 Å². The van der Waals surface area contributed by atoms with E-state index in [1.165, 1.54) is 38.4 Å². The van der Waals surface area contributed by atoms with Crippen LogP contribution in [-0.4, -0.2) is 5.11 Å². The van der Waals surface area contributed by atoms with Crippen LogP contribution in [0.1, 0.15) is 22.3 Å². The summed E-state index contributed by atoms with van der Waals surface area (Å²) in [5, 5.41) is 17.5. The third-order valence-electron chi connectivity index (χ3n) is 7.99. The van der Waals surface area contributed by atoms with Crippen molar-refractivity contribution in [2.24, 2.45) is 0 Å². The molecule has 37 heavy (non-hydrogen) atoms. The fourth-order valence-corrected chi connectivity index (χ4v) is 6.26. The van der Waals surface area contributed by atoms with Crippen LogP contribution in [0, 0.1) is 0 Å². The Hall–Kier alpha value is -4.62. The topological polar surface area (TPSA) is 20.2 Å². The van der Waals surface area contributed by atoms with Crippen LogP contribution in [0.5, 0.6) is 5.75 Å². The zero-order chi connectivity index (χ0) is 24.8. The molecule has 0 aliphatic heterocycles. The standard InChI is InChI=1S/C36H26O/c37-33-23-20-26-18-21-31-27(17-16-25-19-22-32(33)35(26)34(25)31)24-36(28-10-4-1-5-11-28,29-12-6-2-7-13-29)30-14-8-3-9-15-30/h1-23,37H,24H2. The van der Waals surface area contributed by atoms with Crippen molar-refractivity contribution in [1.82, 2.24) is 0 Å². The lowest BCUT2D eigenvalue weighted by atomic mass is 9.65. The lowest BCUT2D eigenvalue weighted by molar-refractivity contribution is 0.482. The van der Waals surface area contributed by atoms with Gasteiger partial charge in [0, 0.05) is 16.2 Å². The minimum atomic E-state index is -0.366. The van der Waals surface area contributed by atoms with Crippen LogP contribution in [0.15, 0.2) is 140 Å². The highest BCUT2D eigenvalue weighted by atomic mass is 16.3. The average molecular weight is 475 g/mol. The quantitative estimate of drug-likeness (QED) is 0.195. The maximum Gasteiger partial charge on any atom is 0.123 e. The Morgan fingerprint density at radius 1 is 0.432 bits per heavy atom. The summed E-state index contributed by atoms with van der Waals surface area (Å²) >= 11 is 0. The molecular formula is C36H26O. The van der Waals surface area contributed by atoms with Crippen molar-refractivity contribution in [2.45, 2.75) is 11.8 Å². The van der Waals surface area contributed by atoms with Gasteiger partial charge in [-0.15, -0.1) is 0 Å². The van der Waals surface area contributed by atoms with Gasteiger partial charge in [-0.2, -0.15) is 0 Å². The second-order valence-corrected chi connectivity index (χ2v) is 9.91. The molecule has 7 rings (SSSR count). The first-order valence-electron chi connectivity index (χ1n) is 12.8. The molecule has 0 saturated carbocycles. The highest BCUT2D eigenvalue weighted by Crippen LogP contribution is 2.45. The molecule has 0 bridgehead atoms. The molecule has 0 amide bonds. The number of phenolic OH excluding ortho intramolecular Hbond substituents is 1. The summed E-state index contributed by atoms with van der Waals surface area (Å²) in [7, 11) is 0. The number of benzene rings is 7. The van der Waals surface area contributed by atoms with Gasteiger partial charge in [0.1, 0.15) is 5.75 Å². The predicted octanol–water partition coefficient (Wildman–Crippen LogP) is 8.87. The molecule has 1 N–H and O–H groups in total. The Labute approximate surface area is 216 Å². The molecule has 1 nitrogen and oxygen atoms in total. The average Bonchev–Trinajstić information content (AvgIpc) is 2.97. The van der Waals surface area contributed by atoms with Gasteiger partial charge in [-0.1, -0.05) is 133 Å². The van der Waals surface area contributed by atoms with Gasteiger partial charge < -0.3 is 5.11 Å². The minimum absolute atomic E-state index is 0.333. The Kier molecular flexibility index (Phi) is 4.97. The molecule has 0 radical (unpaired) electrons. The van der Waals surface area contributed by atoms with Crippen LogP contribution in [-0.2, 0) is 11.8 Å². The van der Waals surface area contributed by atoms with Gasteiger partial charge in [0.05, 0.1) is 0 Å². The van der Waals surface area contributed by atoms with Gasteiger partial charge in [-0.25, -0.2) is 0 Å². The van der Waals surface area contributed by atoms with Gasteiger partial charge in [-0.05, 0) is 56.3 Å². The van der Waals surface area contributed by atoms with Gasteiger partial charge in [0.2, 0.25) is 0 Å². The molecule has 0 unspecified atom stereocenters. The molecule has 0 heterocycles. The Balaban J connectivity index is 1.56. The Bertz CT molecular complexity index is 1740. The van der Waals surface area contributed by atoms with Crippen LogP contribution in [0.4, 0.5) is 0 Å². The number of hydrogen-bond donors (Lipinski definition) is 1. The lowest BCUT2D eigenvalue weighted by Gasteiger charge is -2.37. The predicted molar refractivity (Wildman–Crippen MR) is 155 cm³/mol. The molecule has 0 aliphatic rings. The van der Waals surface area contributed by atoms with Crippen LogP contribution in [0.2, 0.25) is 0 Å². The van der Waals surface area contributed by atoms with Crippen molar-refractivity contribution < 1.29 is 5.11 Å². The minimum Gasteiger partial charge on any atom is -0.507 e. The van der Waals surface area contributed by atoms with E-state index in [1.807, 2.05) is 12.1 Å². The maximum absolute atomic E-state index is 10.6. The van der Waals surface area contributed by atoms with E-state index in [1.54, 1.807) is 6.07 Å². The normalized spacial score (nSPS) is 12.0. The van der Waals surface area contributed by atoms with Gasteiger partial charge in [-0.3, -0.25) is 0 Å². The van der Waals surface area contributed by atoms with E-state index in [4.69, 9.17) is 0 Å².